The molecule has 5 nitrogen and oxygen atoms in total. The second-order valence-corrected chi connectivity index (χ2v) is 13.9. The van der Waals surface area contributed by atoms with E-state index >= 15 is 0 Å². The minimum atomic E-state index is 0.608. The van der Waals surface area contributed by atoms with Gasteiger partial charge in [-0.3, -0.25) is 0 Å². The van der Waals surface area contributed by atoms with Crippen molar-refractivity contribution in [1.82, 2.24) is 15.0 Å². The molecule has 0 aliphatic rings. The van der Waals surface area contributed by atoms with Crippen LogP contribution >= 0.6 is 0 Å². The first-order chi connectivity index (χ1) is 27.8. The lowest BCUT2D eigenvalue weighted by Crippen LogP contribution is -2.01. The summed E-state index contributed by atoms with van der Waals surface area (Å²) in [6.45, 7) is 0. The Morgan fingerprint density at radius 3 is 1.39 bits per heavy atom. The van der Waals surface area contributed by atoms with Crippen molar-refractivity contribution >= 4 is 43.9 Å². The van der Waals surface area contributed by atoms with Gasteiger partial charge in [0.15, 0.2) is 17.5 Å². The van der Waals surface area contributed by atoms with E-state index in [1.807, 2.05) is 78.9 Å². The van der Waals surface area contributed by atoms with Gasteiger partial charge in [0.2, 0.25) is 0 Å². The third-order valence-corrected chi connectivity index (χ3v) is 10.6. The lowest BCUT2D eigenvalue weighted by Gasteiger charge is -2.15. The van der Waals surface area contributed by atoms with Gasteiger partial charge in [0.1, 0.15) is 22.3 Å². The molecule has 0 saturated carbocycles. The molecule has 0 unspecified atom stereocenters. The largest absolute Gasteiger partial charge is 0.455 e. The number of fused-ring (bicyclic) bond motifs is 6. The highest BCUT2D eigenvalue weighted by molar-refractivity contribution is 6.14. The van der Waals surface area contributed by atoms with E-state index in [1.54, 1.807) is 0 Å². The monoisotopic (exact) mass is 717 g/mol. The second kappa shape index (κ2) is 13.0. The molecule has 11 rings (SSSR count). The molecule has 3 heterocycles. The van der Waals surface area contributed by atoms with E-state index in [4.69, 9.17) is 23.8 Å². The minimum absolute atomic E-state index is 0.608. The molecule has 3 aromatic heterocycles. The zero-order valence-electron chi connectivity index (χ0n) is 30.1. The summed E-state index contributed by atoms with van der Waals surface area (Å²) in [6, 6.07) is 64.4. The summed E-state index contributed by atoms with van der Waals surface area (Å²) in [5.74, 6) is 1.86. The number of hydrogen-bond acceptors (Lipinski definition) is 5. The van der Waals surface area contributed by atoms with Gasteiger partial charge in [0.25, 0.3) is 0 Å². The molecular formula is C51H31N3O2. The molecule has 0 radical (unpaired) electrons. The van der Waals surface area contributed by atoms with E-state index < -0.39 is 0 Å². The van der Waals surface area contributed by atoms with Crippen LogP contribution in [0.5, 0.6) is 0 Å². The van der Waals surface area contributed by atoms with Crippen molar-refractivity contribution < 1.29 is 8.83 Å². The van der Waals surface area contributed by atoms with Crippen LogP contribution in [0.2, 0.25) is 0 Å². The van der Waals surface area contributed by atoms with Crippen LogP contribution in [0, 0.1) is 0 Å². The summed E-state index contributed by atoms with van der Waals surface area (Å²) in [4.78, 5) is 15.1. The van der Waals surface area contributed by atoms with Crippen molar-refractivity contribution in [2.75, 3.05) is 0 Å². The van der Waals surface area contributed by atoms with Crippen molar-refractivity contribution in [2.45, 2.75) is 0 Å². The van der Waals surface area contributed by atoms with Crippen LogP contribution in [-0.2, 0) is 0 Å². The average Bonchev–Trinajstić information content (AvgIpc) is 3.85. The van der Waals surface area contributed by atoms with Gasteiger partial charge in [-0.25, -0.2) is 15.0 Å². The number of aromatic nitrogens is 3. The summed E-state index contributed by atoms with van der Waals surface area (Å²) < 4.78 is 13.2. The Labute approximate surface area is 322 Å². The molecule has 11 aromatic rings. The van der Waals surface area contributed by atoms with Crippen LogP contribution in [0.4, 0.5) is 0 Å². The molecule has 56 heavy (non-hydrogen) atoms. The average molecular weight is 718 g/mol. The summed E-state index contributed by atoms with van der Waals surface area (Å²) >= 11 is 0. The first kappa shape index (κ1) is 31.9. The van der Waals surface area contributed by atoms with Gasteiger partial charge in [-0.05, 0) is 40.5 Å². The quantitative estimate of drug-likeness (QED) is 0.171. The summed E-state index contributed by atoms with van der Waals surface area (Å²) in [5, 5.41) is 4.33. The zero-order valence-corrected chi connectivity index (χ0v) is 30.1. The maximum Gasteiger partial charge on any atom is 0.164 e. The van der Waals surface area contributed by atoms with Gasteiger partial charge < -0.3 is 8.83 Å². The molecular weight excluding hydrogens is 687 g/mol. The van der Waals surface area contributed by atoms with Crippen molar-refractivity contribution in [3.05, 3.63) is 188 Å². The molecule has 0 saturated heterocycles. The Morgan fingerprint density at radius 2 is 0.714 bits per heavy atom. The number of nitrogens with zero attached hydrogens (tertiary/aromatic N) is 3. The van der Waals surface area contributed by atoms with Crippen LogP contribution in [0.1, 0.15) is 0 Å². The highest BCUT2D eigenvalue weighted by Crippen LogP contribution is 2.44. The SMILES string of the molecule is c1ccc(-c2nc(-c3ccccc3)nc(-c3ccccc3-c3ccccc3-c3cccc4c3oc3ccc(-c5cccc6c5oc5ccccc56)cc34)n2)cc1. The van der Waals surface area contributed by atoms with Crippen molar-refractivity contribution in [3.63, 3.8) is 0 Å². The summed E-state index contributed by atoms with van der Waals surface area (Å²) in [6.07, 6.45) is 0. The summed E-state index contributed by atoms with van der Waals surface area (Å²) in [5.41, 5.74) is 12.5. The zero-order chi connectivity index (χ0) is 37.0. The Bertz CT molecular complexity index is 3200. The highest BCUT2D eigenvalue weighted by Gasteiger charge is 2.20. The normalized spacial score (nSPS) is 11.6. The van der Waals surface area contributed by atoms with E-state index in [0.29, 0.717) is 17.5 Å². The second-order valence-electron chi connectivity index (χ2n) is 13.9. The van der Waals surface area contributed by atoms with E-state index in [-0.39, 0.29) is 0 Å². The van der Waals surface area contributed by atoms with Gasteiger partial charge in [0.05, 0.1) is 0 Å². The highest BCUT2D eigenvalue weighted by atomic mass is 16.3. The third-order valence-electron chi connectivity index (χ3n) is 10.6. The van der Waals surface area contributed by atoms with Crippen molar-refractivity contribution in [3.8, 4) is 67.5 Å². The maximum absolute atomic E-state index is 6.74. The van der Waals surface area contributed by atoms with E-state index in [0.717, 1.165) is 93.9 Å². The van der Waals surface area contributed by atoms with E-state index in [9.17, 15) is 0 Å². The van der Waals surface area contributed by atoms with Gasteiger partial charge in [-0.15, -0.1) is 0 Å². The van der Waals surface area contributed by atoms with E-state index in [1.165, 1.54) is 0 Å². The maximum atomic E-state index is 6.74. The van der Waals surface area contributed by atoms with Crippen molar-refractivity contribution in [1.29, 1.82) is 0 Å². The van der Waals surface area contributed by atoms with Gasteiger partial charge in [0, 0.05) is 49.4 Å². The number of rotatable bonds is 6. The first-order valence-electron chi connectivity index (χ1n) is 18.7. The molecule has 0 spiro atoms. The molecule has 0 amide bonds. The van der Waals surface area contributed by atoms with Crippen LogP contribution in [0.25, 0.3) is 111 Å². The van der Waals surface area contributed by atoms with Crippen LogP contribution < -0.4 is 0 Å². The fourth-order valence-corrected chi connectivity index (χ4v) is 7.95. The fraction of sp³-hybridized carbons (Fsp3) is 0. The van der Waals surface area contributed by atoms with Crippen LogP contribution in [0.15, 0.2) is 197 Å². The molecule has 0 aliphatic heterocycles. The Kier molecular flexibility index (Phi) is 7.42. The Morgan fingerprint density at radius 1 is 0.268 bits per heavy atom. The van der Waals surface area contributed by atoms with Gasteiger partial charge in [-0.1, -0.05) is 170 Å². The molecule has 0 aliphatic carbocycles. The number of hydrogen-bond donors (Lipinski definition) is 0. The lowest BCUT2D eigenvalue weighted by atomic mass is 9.90. The number of para-hydroxylation sites is 3. The standard InChI is InChI=1S/C51H31N3O2/c1-3-15-32(16-4-1)49-52-50(33-17-5-2-6-18-33)54-51(53-49)43-23-10-9-21-38(43)36-19-7-8-20-37(36)40-25-14-27-42-44-31-34(29-30-46(44)56-48(40)42)35-24-13-26-41-39-22-11-12-28-45(39)55-47(35)41/h1-31H. The van der Waals surface area contributed by atoms with Crippen LogP contribution in [0.3, 0.4) is 0 Å². The molecule has 0 atom stereocenters. The number of furan rings is 2. The predicted molar refractivity (Wildman–Crippen MR) is 227 cm³/mol. The molecule has 262 valence electrons. The molecule has 0 fully saturated rings. The topological polar surface area (TPSA) is 65.0 Å². The van der Waals surface area contributed by atoms with Crippen molar-refractivity contribution in [2.24, 2.45) is 0 Å². The van der Waals surface area contributed by atoms with Crippen LogP contribution in [-0.4, -0.2) is 15.0 Å². The molecule has 8 aromatic carbocycles. The lowest BCUT2D eigenvalue weighted by molar-refractivity contribution is 0.669. The smallest absolute Gasteiger partial charge is 0.164 e. The predicted octanol–water partition coefficient (Wildman–Crippen LogP) is 13.7. The van der Waals surface area contributed by atoms with Gasteiger partial charge >= 0.3 is 0 Å². The first-order valence-corrected chi connectivity index (χ1v) is 18.7. The molecule has 0 N–H and O–H groups in total. The summed E-state index contributed by atoms with van der Waals surface area (Å²) in [7, 11) is 0. The molecule has 0 bridgehead atoms. The van der Waals surface area contributed by atoms with E-state index in [2.05, 4.69) is 109 Å². The Hall–Kier alpha value is -7.63. The fourth-order valence-electron chi connectivity index (χ4n) is 7.95. The number of benzene rings is 8. The molecule has 5 heteroatoms. The Balaban J connectivity index is 1.06. The van der Waals surface area contributed by atoms with Gasteiger partial charge in [-0.2, -0.15) is 0 Å². The minimum Gasteiger partial charge on any atom is -0.455 e. The third kappa shape index (κ3) is 5.29.